The molecule has 0 bridgehead atoms. The standard InChI is InChI=1S/C23H46N2O3/c1-6-7-8-9-10-11-12-13-15-19(2)18-21(23(27)28)20(3)22(26)24-16-14-17-25(4)5/h19-21H,6-18H2,1-5H3,(H,24,26)(H,27,28). The monoisotopic (exact) mass is 398 g/mol. The Hall–Kier alpha value is -1.10. The van der Waals surface area contributed by atoms with Crippen LogP contribution in [-0.2, 0) is 9.59 Å². The van der Waals surface area contributed by atoms with Gasteiger partial charge in [-0.2, -0.15) is 0 Å². The number of hydrogen-bond acceptors (Lipinski definition) is 3. The molecule has 0 fully saturated rings. The number of carboxylic acid groups (broad SMARTS) is 1. The summed E-state index contributed by atoms with van der Waals surface area (Å²) in [5.41, 5.74) is 0. The SMILES string of the molecule is CCCCCCCCCCC(C)CC(C(=O)O)C(C)C(=O)NCCCN(C)C. The van der Waals surface area contributed by atoms with Crippen LogP contribution in [0.5, 0.6) is 0 Å². The van der Waals surface area contributed by atoms with Crippen molar-refractivity contribution in [3.8, 4) is 0 Å². The molecule has 0 spiro atoms. The second kappa shape index (κ2) is 16.8. The van der Waals surface area contributed by atoms with Crippen molar-refractivity contribution >= 4 is 11.9 Å². The van der Waals surface area contributed by atoms with E-state index in [1.807, 2.05) is 14.1 Å². The normalized spacial score (nSPS) is 14.6. The van der Waals surface area contributed by atoms with Gasteiger partial charge in [-0.15, -0.1) is 0 Å². The van der Waals surface area contributed by atoms with E-state index >= 15 is 0 Å². The van der Waals surface area contributed by atoms with E-state index < -0.39 is 17.8 Å². The number of unbranched alkanes of at least 4 members (excludes halogenated alkanes) is 7. The molecule has 0 aliphatic rings. The first-order chi connectivity index (χ1) is 13.3. The number of hydrogen-bond donors (Lipinski definition) is 2. The average molecular weight is 399 g/mol. The van der Waals surface area contributed by atoms with Gasteiger partial charge in [0, 0.05) is 12.5 Å². The van der Waals surface area contributed by atoms with Gasteiger partial charge >= 0.3 is 5.97 Å². The molecule has 3 unspecified atom stereocenters. The summed E-state index contributed by atoms with van der Waals surface area (Å²) < 4.78 is 0. The Morgan fingerprint density at radius 2 is 1.50 bits per heavy atom. The lowest BCUT2D eigenvalue weighted by Gasteiger charge is -2.23. The largest absolute Gasteiger partial charge is 0.481 e. The lowest BCUT2D eigenvalue weighted by Crippen LogP contribution is -2.38. The van der Waals surface area contributed by atoms with E-state index in [9.17, 15) is 14.7 Å². The summed E-state index contributed by atoms with van der Waals surface area (Å²) in [5, 5.41) is 12.5. The van der Waals surface area contributed by atoms with Gasteiger partial charge in [0.25, 0.3) is 0 Å². The van der Waals surface area contributed by atoms with Crippen LogP contribution in [-0.4, -0.2) is 49.1 Å². The van der Waals surface area contributed by atoms with Crippen LogP contribution in [0.25, 0.3) is 0 Å². The van der Waals surface area contributed by atoms with Gasteiger partial charge in [-0.25, -0.2) is 0 Å². The van der Waals surface area contributed by atoms with Crippen LogP contribution < -0.4 is 5.32 Å². The van der Waals surface area contributed by atoms with Crippen LogP contribution in [0, 0.1) is 17.8 Å². The van der Waals surface area contributed by atoms with E-state index in [2.05, 4.69) is 24.1 Å². The van der Waals surface area contributed by atoms with Gasteiger partial charge in [0.05, 0.1) is 5.92 Å². The van der Waals surface area contributed by atoms with Crippen LogP contribution in [0.3, 0.4) is 0 Å². The van der Waals surface area contributed by atoms with Crippen molar-refractivity contribution in [1.82, 2.24) is 10.2 Å². The Labute approximate surface area is 173 Å². The van der Waals surface area contributed by atoms with E-state index in [-0.39, 0.29) is 5.91 Å². The number of nitrogens with zero attached hydrogens (tertiary/aromatic N) is 1. The highest BCUT2D eigenvalue weighted by Gasteiger charge is 2.31. The van der Waals surface area contributed by atoms with E-state index in [0.717, 1.165) is 25.8 Å². The molecule has 0 aromatic carbocycles. The summed E-state index contributed by atoms with van der Waals surface area (Å²) in [6.45, 7) is 7.62. The number of carboxylic acids is 1. The summed E-state index contributed by atoms with van der Waals surface area (Å²) in [6.07, 6.45) is 12.8. The lowest BCUT2D eigenvalue weighted by atomic mass is 9.83. The second-order valence-electron chi connectivity index (χ2n) is 8.79. The molecule has 166 valence electrons. The third kappa shape index (κ3) is 14.0. The fraction of sp³-hybridized carbons (Fsp3) is 0.913. The quantitative estimate of drug-likeness (QED) is 0.321. The third-order valence-electron chi connectivity index (χ3n) is 5.62. The molecule has 0 aromatic rings. The lowest BCUT2D eigenvalue weighted by molar-refractivity contribution is -0.147. The molecule has 0 aliphatic carbocycles. The van der Waals surface area contributed by atoms with Crippen LogP contribution >= 0.6 is 0 Å². The van der Waals surface area contributed by atoms with E-state index in [1.165, 1.54) is 44.9 Å². The average Bonchev–Trinajstić information content (AvgIpc) is 2.64. The van der Waals surface area contributed by atoms with E-state index in [0.29, 0.717) is 18.9 Å². The van der Waals surface area contributed by atoms with Gasteiger partial charge in [-0.1, -0.05) is 78.6 Å². The van der Waals surface area contributed by atoms with Gasteiger partial charge in [0.15, 0.2) is 0 Å². The van der Waals surface area contributed by atoms with Crippen molar-refractivity contribution in [1.29, 1.82) is 0 Å². The van der Waals surface area contributed by atoms with Gasteiger partial charge < -0.3 is 15.3 Å². The van der Waals surface area contributed by atoms with Gasteiger partial charge in [-0.05, 0) is 39.4 Å². The maximum atomic E-state index is 12.3. The zero-order valence-corrected chi connectivity index (χ0v) is 19.1. The van der Waals surface area contributed by atoms with Crippen molar-refractivity contribution in [3.05, 3.63) is 0 Å². The number of rotatable bonds is 18. The minimum Gasteiger partial charge on any atom is -0.481 e. The maximum absolute atomic E-state index is 12.3. The molecule has 3 atom stereocenters. The molecule has 0 aliphatic heterocycles. The minimum atomic E-state index is -0.848. The molecule has 5 heteroatoms. The number of carbonyl (C=O) groups is 2. The van der Waals surface area contributed by atoms with E-state index in [1.54, 1.807) is 6.92 Å². The zero-order valence-electron chi connectivity index (χ0n) is 19.1. The second-order valence-corrected chi connectivity index (χ2v) is 8.79. The van der Waals surface area contributed by atoms with Crippen LogP contribution in [0.4, 0.5) is 0 Å². The molecule has 0 aromatic heterocycles. The highest BCUT2D eigenvalue weighted by molar-refractivity contribution is 5.84. The molecule has 0 heterocycles. The molecular formula is C23H46N2O3. The number of aliphatic carboxylic acids is 1. The highest BCUT2D eigenvalue weighted by atomic mass is 16.4. The summed E-state index contributed by atoms with van der Waals surface area (Å²) in [4.78, 5) is 26.1. The third-order valence-corrected chi connectivity index (χ3v) is 5.62. The van der Waals surface area contributed by atoms with Gasteiger partial charge in [0.1, 0.15) is 0 Å². The predicted molar refractivity (Wildman–Crippen MR) is 117 cm³/mol. The Balaban J connectivity index is 4.12. The maximum Gasteiger partial charge on any atom is 0.307 e. The van der Waals surface area contributed by atoms with Crippen molar-refractivity contribution in [2.24, 2.45) is 17.8 Å². The van der Waals surface area contributed by atoms with Crippen LogP contribution in [0.15, 0.2) is 0 Å². The molecule has 0 saturated heterocycles. The van der Waals surface area contributed by atoms with Gasteiger partial charge in [-0.3, -0.25) is 9.59 Å². The Morgan fingerprint density at radius 3 is 2.04 bits per heavy atom. The highest BCUT2D eigenvalue weighted by Crippen LogP contribution is 2.25. The molecule has 2 N–H and O–H groups in total. The predicted octanol–water partition coefficient (Wildman–Crippen LogP) is 4.95. The smallest absolute Gasteiger partial charge is 0.307 e. The van der Waals surface area contributed by atoms with Crippen molar-refractivity contribution < 1.29 is 14.7 Å². The fourth-order valence-electron chi connectivity index (χ4n) is 3.65. The van der Waals surface area contributed by atoms with Crippen LogP contribution in [0.2, 0.25) is 0 Å². The summed E-state index contributed by atoms with van der Waals surface area (Å²) >= 11 is 0. The number of amides is 1. The first kappa shape index (κ1) is 26.9. The minimum absolute atomic E-state index is 0.134. The number of carbonyl (C=O) groups excluding carboxylic acids is 1. The zero-order chi connectivity index (χ0) is 21.4. The van der Waals surface area contributed by atoms with Crippen molar-refractivity contribution in [3.63, 3.8) is 0 Å². The molecule has 5 nitrogen and oxygen atoms in total. The Bertz CT molecular complexity index is 413. The summed E-state index contributed by atoms with van der Waals surface area (Å²) in [5.74, 6) is -1.73. The first-order valence-corrected chi connectivity index (χ1v) is 11.4. The molecule has 1 amide bonds. The molecular weight excluding hydrogens is 352 g/mol. The summed E-state index contributed by atoms with van der Waals surface area (Å²) in [7, 11) is 4.00. The first-order valence-electron chi connectivity index (χ1n) is 11.4. The Kier molecular flexibility index (Phi) is 16.2. The van der Waals surface area contributed by atoms with Crippen molar-refractivity contribution in [2.45, 2.75) is 91.4 Å². The fourth-order valence-corrected chi connectivity index (χ4v) is 3.65. The van der Waals surface area contributed by atoms with E-state index in [4.69, 9.17) is 0 Å². The topological polar surface area (TPSA) is 69.6 Å². The molecule has 0 saturated carbocycles. The Morgan fingerprint density at radius 1 is 0.929 bits per heavy atom. The van der Waals surface area contributed by atoms with Gasteiger partial charge in [0.2, 0.25) is 5.91 Å². The molecule has 0 rings (SSSR count). The molecule has 0 radical (unpaired) electrons. The number of nitrogens with one attached hydrogen (secondary N) is 1. The molecule has 28 heavy (non-hydrogen) atoms. The summed E-state index contributed by atoms with van der Waals surface area (Å²) in [6, 6.07) is 0. The van der Waals surface area contributed by atoms with Crippen molar-refractivity contribution in [2.75, 3.05) is 27.2 Å². The van der Waals surface area contributed by atoms with Crippen LogP contribution in [0.1, 0.15) is 91.4 Å².